The Hall–Kier alpha value is -2.53. The minimum Gasteiger partial charge on any atom is -0.350 e. The largest absolute Gasteiger partial charge is 0.350 e. The lowest BCUT2D eigenvalue weighted by atomic mass is 9.98. The highest BCUT2D eigenvalue weighted by molar-refractivity contribution is 5.92. The molecule has 27 heavy (non-hydrogen) atoms. The molecule has 1 aromatic heterocycles. The molecule has 1 saturated heterocycles. The molecule has 2 aromatic rings. The molecule has 0 bridgehead atoms. The molecular weight excluding hydrogens is 336 g/mol. The normalized spacial score (nSPS) is 17.9. The van der Waals surface area contributed by atoms with Gasteiger partial charge in [-0.2, -0.15) is 0 Å². The molecule has 1 aromatic carbocycles. The van der Waals surface area contributed by atoms with E-state index in [0.717, 1.165) is 31.7 Å². The minimum absolute atomic E-state index is 0.107. The number of aryl methyl sites for hydroxylation is 2. The Labute approximate surface area is 161 Å². The predicted octanol–water partition coefficient (Wildman–Crippen LogP) is 3.25. The third-order valence-electron chi connectivity index (χ3n) is 4.83. The lowest BCUT2D eigenvalue weighted by Gasteiger charge is -2.32. The Balaban J connectivity index is 1.46. The van der Waals surface area contributed by atoms with Crippen molar-refractivity contribution in [1.82, 2.24) is 20.2 Å². The molecule has 1 N–H and O–H groups in total. The van der Waals surface area contributed by atoms with Gasteiger partial charge in [0, 0.05) is 25.3 Å². The average molecular weight is 364 g/mol. The van der Waals surface area contributed by atoms with Crippen molar-refractivity contribution < 1.29 is 4.79 Å². The van der Waals surface area contributed by atoms with Crippen LogP contribution in [-0.4, -0.2) is 47.0 Å². The Bertz CT molecular complexity index is 768. The van der Waals surface area contributed by atoms with Crippen LogP contribution in [0.1, 0.15) is 40.4 Å². The molecule has 0 radical (unpaired) electrons. The lowest BCUT2D eigenvalue weighted by Crippen LogP contribution is -2.41. The zero-order valence-electron chi connectivity index (χ0n) is 16.2. The van der Waals surface area contributed by atoms with Gasteiger partial charge in [0.15, 0.2) is 0 Å². The second kappa shape index (κ2) is 9.42. The lowest BCUT2D eigenvalue weighted by molar-refractivity contribution is 0.0929. The first kappa shape index (κ1) is 19.2. The number of nitrogens with zero attached hydrogens (tertiary/aromatic N) is 3. The Morgan fingerprint density at radius 2 is 2.07 bits per heavy atom. The average Bonchev–Trinajstić information content (AvgIpc) is 2.66. The molecule has 1 aliphatic heterocycles. The quantitative estimate of drug-likeness (QED) is 0.855. The van der Waals surface area contributed by atoms with Crippen molar-refractivity contribution in [3.8, 4) is 0 Å². The van der Waals surface area contributed by atoms with Gasteiger partial charge in [-0.1, -0.05) is 42.5 Å². The van der Waals surface area contributed by atoms with Gasteiger partial charge < -0.3 is 5.32 Å². The predicted molar refractivity (Wildman–Crippen MR) is 108 cm³/mol. The van der Waals surface area contributed by atoms with Crippen LogP contribution in [0.5, 0.6) is 0 Å². The number of piperidine rings is 1. The molecule has 5 heteroatoms. The van der Waals surface area contributed by atoms with E-state index >= 15 is 0 Å². The highest BCUT2D eigenvalue weighted by atomic mass is 16.1. The number of carbonyl (C=O) groups excluding carboxylic acids is 1. The Kier molecular flexibility index (Phi) is 6.71. The summed E-state index contributed by atoms with van der Waals surface area (Å²) in [6.07, 6.45) is 6.72. The van der Waals surface area contributed by atoms with Crippen LogP contribution in [0.4, 0.5) is 0 Å². The summed E-state index contributed by atoms with van der Waals surface area (Å²) < 4.78 is 0. The first-order valence-electron chi connectivity index (χ1n) is 9.64. The van der Waals surface area contributed by atoms with Crippen molar-refractivity contribution in [2.45, 2.75) is 26.7 Å². The van der Waals surface area contributed by atoms with E-state index in [9.17, 15) is 4.79 Å². The summed E-state index contributed by atoms with van der Waals surface area (Å²) in [7, 11) is 0. The number of amides is 1. The van der Waals surface area contributed by atoms with E-state index in [0.29, 0.717) is 24.0 Å². The van der Waals surface area contributed by atoms with Crippen LogP contribution in [0.15, 0.2) is 42.5 Å². The molecule has 0 spiro atoms. The molecule has 1 aliphatic rings. The molecule has 1 unspecified atom stereocenters. The van der Waals surface area contributed by atoms with Gasteiger partial charge in [-0.15, -0.1) is 0 Å². The number of rotatable bonds is 6. The second-order valence-corrected chi connectivity index (χ2v) is 7.23. The van der Waals surface area contributed by atoms with E-state index in [2.05, 4.69) is 56.6 Å². The summed E-state index contributed by atoms with van der Waals surface area (Å²) >= 11 is 0. The van der Waals surface area contributed by atoms with Crippen molar-refractivity contribution >= 4 is 12.0 Å². The van der Waals surface area contributed by atoms with E-state index in [4.69, 9.17) is 0 Å². The molecule has 1 fully saturated rings. The van der Waals surface area contributed by atoms with Crippen LogP contribution in [0, 0.1) is 19.8 Å². The van der Waals surface area contributed by atoms with Crippen LogP contribution in [0.25, 0.3) is 6.08 Å². The summed E-state index contributed by atoms with van der Waals surface area (Å²) in [6, 6.07) is 12.1. The Morgan fingerprint density at radius 3 is 2.85 bits per heavy atom. The molecule has 2 heterocycles. The van der Waals surface area contributed by atoms with Gasteiger partial charge in [0.05, 0.1) is 0 Å². The first-order chi connectivity index (χ1) is 13.1. The van der Waals surface area contributed by atoms with Gasteiger partial charge >= 0.3 is 0 Å². The van der Waals surface area contributed by atoms with Crippen LogP contribution in [0.2, 0.25) is 0 Å². The maximum atomic E-state index is 12.4. The molecule has 142 valence electrons. The monoisotopic (exact) mass is 364 g/mol. The highest BCUT2D eigenvalue weighted by Gasteiger charge is 2.20. The van der Waals surface area contributed by atoms with Crippen molar-refractivity contribution in [3.05, 3.63) is 65.2 Å². The maximum absolute atomic E-state index is 12.4. The standard InChI is InChI=1S/C22H28N4O/c1-17-14-21(25-18(2)24-17)22(27)23-15-20-11-7-13-26(16-20)12-6-10-19-8-4-3-5-9-19/h3-6,8-10,14,20H,7,11-13,15-16H2,1-2H3,(H,23,27). The highest BCUT2D eigenvalue weighted by Crippen LogP contribution is 2.16. The van der Waals surface area contributed by atoms with Crippen molar-refractivity contribution in [2.75, 3.05) is 26.2 Å². The summed E-state index contributed by atoms with van der Waals surface area (Å²) in [5.74, 6) is 1.01. The second-order valence-electron chi connectivity index (χ2n) is 7.23. The number of nitrogens with one attached hydrogen (secondary N) is 1. The number of benzene rings is 1. The fraction of sp³-hybridized carbons (Fsp3) is 0.409. The summed E-state index contributed by atoms with van der Waals surface area (Å²) in [6.45, 7) is 7.47. The number of aromatic nitrogens is 2. The smallest absolute Gasteiger partial charge is 0.270 e. The maximum Gasteiger partial charge on any atom is 0.270 e. The zero-order chi connectivity index (χ0) is 19.1. The fourth-order valence-corrected chi connectivity index (χ4v) is 3.55. The van der Waals surface area contributed by atoms with Gasteiger partial charge in [0.2, 0.25) is 0 Å². The van der Waals surface area contributed by atoms with Gasteiger partial charge in [-0.05, 0) is 50.8 Å². The Morgan fingerprint density at radius 1 is 1.26 bits per heavy atom. The number of likely N-dealkylation sites (tertiary alicyclic amines) is 1. The van der Waals surface area contributed by atoms with Crippen LogP contribution in [-0.2, 0) is 0 Å². The molecule has 5 nitrogen and oxygen atoms in total. The van der Waals surface area contributed by atoms with E-state index in [-0.39, 0.29) is 5.91 Å². The molecule has 0 aliphatic carbocycles. The van der Waals surface area contributed by atoms with Crippen LogP contribution < -0.4 is 5.32 Å². The summed E-state index contributed by atoms with van der Waals surface area (Å²) in [4.78, 5) is 23.3. The number of carbonyl (C=O) groups is 1. The van der Waals surface area contributed by atoms with Gasteiger partial charge in [-0.3, -0.25) is 9.69 Å². The van der Waals surface area contributed by atoms with E-state index < -0.39 is 0 Å². The number of hydrogen-bond acceptors (Lipinski definition) is 4. The van der Waals surface area contributed by atoms with Crippen molar-refractivity contribution in [1.29, 1.82) is 0 Å². The van der Waals surface area contributed by atoms with E-state index in [1.165, 1.54) is 12.0 Å². The molecule has 3 rings (SSSR count). The van der Waals surface area contributed by atoms with Crippen molar-refractivity contribution in [3.63, 3.8) is 0 Å². The molecular formula is C22H28N4O. The first-order valence-corrected chi connectivity index (χ1v) is 9.64. The van der Waals surface area contributed by atoms with Gasteiger partial charge in [0.25, 0.3) is 5.91 Å². The number of hydrogen-bond donors (Lipinski definition) is 1. The van der Waals surface area contributed by atoms with Crippen molar-refractivity contribution in [2.24, 2.45) is 5.92 Å². The SMILES string of the molecule is Cc1cc(C(=O)NCC2CCCN(CC=Cc3ccccc3)C2)nc(C)n1. The summed E-state index contributed by atoms with van der Waals surface area (Å²) in [5, 5.41) is 3.05. The topological polar surface area (TPSA) is 58.1 Å². The van der Waals surface area contributed by atoms with Gasteiger partial charge in [0.1, 0.15) is 11.5 Å². The third kappa shape index (κ3) is 6.00. The third-order valence-corrected chi connectivity index (χ3v) is 4.83. The summed E-state index contributed by atoms with van der Waals surface area (Å²) in [5.41, 5.74) is 2.51. The van der Waals surface area contributed by atoms with Gasteiger partial charge in [-0.25, -0.2) is 9.97 Å². The minimum atomic E-state index is -0.107. The van der Waals surface area contributed by atoms with Crippen LogP contribution >= 0.6 is 0 Å². The fourth-order valence-electron chi connectivity index (χ4n) is 3.55. The zero-order valence-corrected chi connectivity index (χ0v) is 16.2. The van der Waals surface area contributed by atoms with Crippen LogP contribution in [0.3, 0.4) is 0 Å². The molecule has 1 amide bonds. The molecule has 1 atom stereocenters. The van der Waals surface area contributed by atoms with E-state index in [1.807, 2.05) is 19.9 Å². The molecule has 0 saturated carbocycles. The van der Waals surface area contributed by atoms with E-state index in [1.54, 1.807) is 6.07 Å².